The van der Waals surface area contributed by atoms with E-state index in [1.165, 1.54) is 25.0 Å². The van der Waals surface area contributed by atoms with E-state index in [-0.39, 0.29) is 11.7 Å². The molecular formula is C13H15BrFNO. The highest BCUT2D eigenvalue weighted by Gasteiger charge is 2.27. The van der Waals surface area contributed by atoms with Gasteiger partial charge in [0.05, 0.1) is 5.56 Å². The topological polar surface area (TPSA) is 20.3 Å². The number of carbonyl (C=O) groups is 1. The van der Waals surface area contributed by atoms with Crippen molar-refractivity contribution in [1.82, 2.24) is 4.90 Å². The Morgan fingerprint density at radius 1 is 1.53 bits per heavy atom. The van der Waals surface area contributed by atoms with E-state index in [0.29, 0.717) is 22.5 Å². The lowest BCUT2D eigenvalue weighted by Gasteiger charge is -2.21. The molecule has 0 atom stereocenters. The molecule has 1 aromatic carbocycles. The maximum Gasteiger partial charge on any atom is 0.255 e. The summed E-state index contributed by atoms with van der Waals surface area (Å²) in [7, 11) is 0. The molecule has 92 valence electrons. The SMILES string of the molecule is CCN(CC1CC1)C(=O)c1cc(F)ccc1Br. The van der Waals surface area contributed by atoms with Crippen LogP contribution < -0.4 is 0 Å². The zero-order valence-corrected chi connectivity index (χ0v) is 11.3. The van der Waals surface area contributed by atoms with Crippen molar-refractivity contribution in [1.29, 1.82) is 0 Å². The molecule has 0 bridgehead atoms. The average Bonchev–Trinajstić information content (AvgIpc) is 3.12. The Labute approximate surface area is 109 Å². The molecule has 2 rings (SSSR count). The summed E-state index contributed by atoms with van der Waals surface area (Å²) in [4.78, 5) is 14.0. The molecule has 4 heteroatoms. The summed E-state index contributed by atoms with van der Waals surface area (Å²) >= 11 is 3.30. The highest BCUT2D eigenvalue weighted by molar-refractivity contribution is 9.10. The van der Waals surface area contributed by atoms with Crippen LogP contribution in [0.3, 0.4) is 0 Å². The van der Waals surface area contributed by atoms with Crippen molar-refractivity contribution in [3.05, 3.63) is 34.1 Å². The maximum absolute atomic E-state index is 13.2. The minimum atomic E-state index is -0.376. The van der Waals surface area contributed by atoms with Gasteiger partial charge in [0, 0.05) is 17.6 Å². The summed E-state index contributed by atoms with van der Waals surface area (Å²) < 4.78 is 13.8. The molecule has 2 nitrogen and oxygen atoms in total. The van der Waals surface area contributed by atoms with Crippen LogP contribution in [0.2, 0.25) is 0 Å². The predicted molar refractivity (Wildman–Crippen MR) is 68.4 cm³/mol. The van der Waals surface area contributed by atoms with Gasteiger partial charge in [-0.05, 0) is 59.8 Å². The molecule has 0 radical (unpaired) electrons. The Bertz CT molecular complexity index is 431. The van der Waals surface area contributed by atoms with Gasteiger partial charge >= 0.3 is 0 Å². The normalized spacial score (nSPS) is 14.8. The van der Waals surface area contributed by atoms with Crippen LogP contribution in [0.25, 0.3) is 0 Å². The first-order valence-electron chi connectivity index (χ1n) is 5.86. The second-order valence-electron chi connectivity index (χ2n) is 4.41. The molecule has 0 unspecified atom stereocenters. The molecule has 17 heavy (non-hydrogen) atoms. The molecule has 0 N–H and O–H groups in total. The second kappa shape index (κ2) is 5.17. The zero-order valence-electron chi connectivity index (χ0n) is 9.75. The molecule has 1 saturated carbocycles. The number of rotatable bonds is 4. The number of hydrogen-bond donors (Lipinski definition) is 0. The fraction of sp³-hybridized carbons (Fsp3) is 0.462. The number of amides is 1. The van der Waals surface area contributed by atoms with Crippen LogP contribution in [0, 0.1) is 11.7 Å². The molecule has 1 aliphatic carbocycles. The van der Waals surface area contributed by atoms with Crippen LogP contribution in [-0.2, 0) is 0 Å². The minimum Gasteiger partial charge on any atom is -0.339 e. The van der Waals surface area contributed by atoms with E-state index >= 15 is 0 Å². The first kappa shape index (κ1) is 12.6. The van der Waals surface area contributed by atoms with Crippen molar-refractivity contribution >= 4 is 21.8 Å². The van der Waals surface area contributed by atoms with Gasteiger partial charge in [0.1, 0.15) is 5.82 Å². The third-order valence-electron chi connectivity index (χ3n) is 3.00. The molecule has 1 amide bonds. The van der Waals surface area contributed by atoms with Gasteiger partial charge in [-0.15, -0.1) is 0 Å². The van der Waals surface area contributed by atoms with Crippen molar-refractivity contribution in [3.63, 3.8) is 0 Å². The van der Waals surface area contributed by atoms with Crippen LogP contribution >= 0.6 is 15.9 Å². The average molecular weight is 300 g/mol. The quantitative estimate of drug-likeness (QED) is 0.834. The van der Waals surface area contributed by atoms with E-state index in [0.717, 1.165) is 6.54 Å². The summed E-state index contributed by atoms with van der Waals surface area (Å²) in [6.07, 6.45) is 2.40. The number of nitrogens with zero attached hydrogens (tertiary/aromatic N) is 1. The Hall–Kier alpha value is -0.900. The van der Waals surface area contributed by atoms with Gasteiger partial charge in [0.2, 0.25) is 0 Å². The third-order valence-corrected chi connectivity index (χ3v) is 3.69. The van der Waals surface area contributed by atoms with E-state index in [4.69, 9.17) is 0 Å². The van der Waals surface area contributed by atoms with E-state index in [1.54, 1.807) is 11.0 Å². The molecular weight excluding hydrogens is 285 g/mol. The molecule has 0 heterocycles. The van der Waals surface area contributed by atoms with Crippen molar-refractivity contribution in [2.45, 2.75) is 19.8 Å². The Kier molecular flexibility index (Phi) is 3.82. The number of benzene rings is 1. The highest BCUT2D eigenvalue weighted by atomic mass is 79.9. The largest absolute Gasteiger partial charge is 0.339 e. The molecule has 0 spiro atoms. The highest BCUT2D eigenvalue weighted by Crippen LogP contribution is 2.30. The van der Waals surface area contributed by atoms with Gasteiger partial charge in [0.15, 0.2) is 0 Å². The van der Waals surface area contributed by atoms with Crippen molar-refractivity contribution in [3.8, 4) is 0 Å². The van der Waals surface area contributed by atoms with Crippen molar-refractivity contribution < 1.29 is 9.18 Å². The molecule has 1 aromatic rings. The van der Waals surface area contributed by atoms with Crippen LogP contribution in [-0.4, -0.2) is 23.9 Å². The summed E-state index contributed by atoms with van der Waals surface area (Å²) in [5, 5.41) is 0. The minimum absolute atomic E-state index is 0.0919. The first-order chi connectivity index (χ1) is 8.11. The van der Waals surface area contributed by atoms with Crippen LogP contribution in [0.1, 0.15) is 30.1 Å². The Morgan fingerprint density at radius 2 is 2.24 bits per heavy atom. The fourth-order valence-electron chi connectivity index (χ4n) is 1.80. The lowest BCUT2D eigenvalue weighted by molar-refractivity contribution is 0.0755. The predicted octanol–water partition coefficient (Wildman–Crippen LogP) is 3.46. The van der Waals surface area contributed by atoms with Gasteiger partial charge in [-0.2, -0.15) is 0 Å². The molecule has 1 fully saturated rings. The zero-order chi connectivity index (χ0) is 12.4. The Balaban J connectivity index is 2.18. The van der Waals surface area contributed by atoms with Crippen LogP contribution in [0.4, 0.5) is 4.39 Å². The number of halogens is 2. The Morgan fingerprint density at radius 3 is 2.82 bits per heavy atom. The van der Waals surface area contributed by atoms with Crippen LogP contribution in [0.15, 0.2) is 22.7 Å². The summed E-state index contributed by atoms with van der Waals surface area (Å²) in [6.45, 7) is 3.41. The van der Waals surface area contributed by atoms with Crippen molar-refractivity contribution in [2.75, 3.05) is 13.1 Å². The summed E-state index contributed by atoms with van der Waals surface area (Å²) in [6, 6.07) is 4.22. The molecule has 0 aliphatic heterocycles. The van der Waals surface area contributed by atoms with Crippen molar-refractivity contribution in [2.24, 2.45) is 5.92 Å². The van der Waals surface area contributed by atoms with E-state index in [9.17, 15) is 9.18 Å². The van der Waals surface area contributed by atoms with Gasteiger partial charge in [0.25, 0.3) is 5.91 Å². The lowest BCUT2D eigenvalue weighted by Crippen LogP contribution is -2.33. The third kappa shape index (κ3) is 3.06. The number of hydrogen-bond acceptors (Lipinski definition) is 1. The maximum atomic E-state index is 13.2. The lowest BCUT2D eigenvalue weighted by atomic mass is 10.2. The van der Waals surface area contributed by atoms with Gasteiger partial charge in [-0.25, -0.2) is 4.39 Å². The molecule has 0 saturated heterocycles. The van der Waals surface area contributed by atoms with E-state index in [1.807, 2.05) is 6.92 Å². The van der Waals surface area contributed by atoms with Gasteiger partial charge < -0.3 is 4.90 Å². The first-order valence-corrected chi connectivity index (χ1v) is 6.65. The standard InChI is InChI=1S/C13H15BrFNO/c1-2-16(8-9-3-4-9)13(17)11-7-10(15)5-6-12(11)14/h5-7,9H,2-4,8H2,1H3. The fourth-order valence-corrected chi connectivity index (χ4v) is 2.22. The smallest absolute Gasteiger partial charge is 0.255 e. The second-order valence-corrected chi connectivity index (χ2v) is 5.27. The number of carbonyl (C=O) groups excluding carboxylic acids is 1. The summed E-state index contributed by atoms with van der Waals surface area (Å²) in [5.74, 6) is 0.177. The van der Waals surface area contributed by atoms with Crippen LogP contribution in [0.5, 0.6) is 0 Å². The van der Waals surface area contributed by atoms with Gasteiger partial charge in [-0.3, -0.25) is 4.79 Å². The van der Waals surface area contributed by atoms with Gasteiger partial charge in [-0.1, -0.05) is 0 Å². The monoisotopic (exact) mass is 299 g/mol. The van der Waals surface area contributed by atoms with E-state index in [2.05, 4.69) is 15.9 Å². The summed E-state index contributed by atoms with van der Waals surface area (Å²) in [5.41, 5.74) is 0.410. The molecule has 0 aromatic heterocycles. The van der Waals surface area contributed by atoms with E-state index < -0.39 is 0 Å². The molecule has 1 aliphatic rings.